The number of benzene rings is 1. The fourth-order valence-electron chi connectivity index (χ4n) is 2.77. The number of carbonyl (C=O) groups is 2. The smallest absolute Gasteiger partial charge is 0.230 e. The monoisotopic (exact) mass is 356 g/mol. The molecule has 1 aromatic heterocycles. The Kier molecular flexibility index (Phi) is 5.31. The van der Waals surface area contributed by atoms with Gasteiger partial charge < -0.3 is 19.7 Å². The standard InChI is InChI=1S/C18H20N4O4/c1-3-26-16-9-15(19-11-20-16)21-18(24)12-7-17(23)22(10-12)13-5-4-6-14(8-13)25-2/h4-6,8-9,11-12H,3,7,10H2,1-2H3,(H,19,20,21,24). The van der Waals surface area contributed by atoms with E-state index in [2.05, 4.69) is 15.3 Å². The van der Waals surface area contributed by atoms with Crippen LogP contribution in [0, 0.1) is 5.92 Å². The van der Waals surface area contributed by atoms with Crippen LogP contribution in [-0.2, 0) is 9.59 Å². The number of aromatic nitrogens is 2. The van der Waals surface area contributed by atoms with Crippen LogP contribution in [0.25, 0.3) is 0 Å². The summed E-state index contributed by atoms with van der Waals surface area (Å²) in [6.45, 7) is 2.62. The maximum atomic E-state index is 12.5. The van der Waals surface area contributed by atoms with Crippen LogP contribution in [0.2, 0.25) is 0 Å². The van der Waals surface area contributed by atoms with E-state index in [-0.39, 0.29) is 18.2 Å². The van der Waals surface area contributed by atoms with Crippen molar-refractivity contribution in [3.63, 3.8) is 0 Å². The van der Waals surface area contributed by atoms with E-state index in [0.717, 1.165) is 0 Å². The Hall–Kier alpha value is -3.16. The minimum absolute atomic E-state index is 0.101. The van der Waals surface area contributed by atoms with Crippen LogP contribution < -0.4 is 19.7 Å². The molecular weight excluding hydrogens is 336 g/mol. The zero-order valence-corrected chi connectivity index (χ0v) is 14.6. The van der Waals surface area contributed by atoms with E-state index in [4.69, 9.17) is 9.47 Å². The Labute approximate surface area is 151 Å². The van der Waals surface area contributed by atoms with Gasteiger partial charge in [-0.1, -0.05) is 6.07 Å². The minimum Gasteiger partial charge on any atom is -0.497 e. The van der Waals surface area contributed by atoms with Gasteiger partial charge in [0.05, 0.1) is 19.6 Å². The van der Waals surface area contributed by atoms with Crippen LogP contribution in [0.4, 0.5) is 11.5 Å². The first-order valence-corrected chi connectivity index (χ1v) is 8.31. The summed E-state index contributed by atoms with van der Waals surface area (Å²) in [5, 5.41) is 2.72. The molecule has 0 aliphatic carbocycles. The van der Waals surface area contributed by atoms with Crippen molar-refractivity contribution in [1.29, 1.82) is 0 Å². The number of ether oxygens (including phenoxy) is 2. The van der Waals surface area contributed by atoms with Gasteiger partial charge in [-0.2, -0.15) is 0 Å². The van der Waals surface area contributed by atoms with E-state index >= 15 is 0 Å². The van der Waals surface area contributed by atoms with Crippen molar-refractivity contribution in [3.8, 4) is 11.6 Å². The first-order valence-electron chi connectivity index (χ1n) is 8.31. The van der Waals surface area contributed by atoms with Crippen LogP contribution in [-0.4, -0.2) is 42.0 Å². The molecule has 0 spiro atoms. The molecule has 1 aromatic carbocycles. The summed E-state index contributed by atoms with van der Waals surface area (Å²) >= 11 is 0. The lowest BCUT2D eigenvalue weighted by Crippen LogP contribution is -2.28. The quantitative estimate of drug-likeness (QED) is 0.849. The molecule has 8 nitrogen and oxygen atoms in total. The normalized spacial score (nSPS) is 16.5. The second kappa shape index (κ2) is 7.81. The molecule has 0 saturated carbocycles. The summed E-state index contributed by atoms with van der Waals surface area (Å²) in [6.07, 6.45) is 1.47. The summed E-state index contributed by atoms with van der Waals surface area (Å²) in [4.78, 5) is 34.4. The summed E-state index contributed by atoms with van der Waals surface area (Å²) in [6, 6.07) is 8.76. The van der Waals surface area contributed by atoms with Crippen LogP contribution in [0.5, 0.6) is 11.6 Å². The predicted octanol–water partition coefficient (Wildman–Crippen LogP) is 1.88. The van der Waals surface area contributed by atoms with Crippen LogP contribution in [0.15, 0.2) is 36.7 Å². The van der Waals surface area contributed by atoms with Crippen LogP contribution in [0.1, 0.15) is 13.3 Å². The van der Waals surface area contributed by atoms with E-state index in [1.54, 1.807) is 30.2 Å². The first-order chi connectivity index (χ1) is 12.6. The average Bonchev–Trinajstić information content (AvgIpc) is 3.04. The molecule has 2 amide bonds. The van der Waals surface area contributed by atoms with E-state index < -0.39 is 5.92 Å². The van der Waals surface area contributed by atoms with Gasteiger partial charge in [0.2, 0.25) is 17.7 Å². The fraction of sp³-hybridized carbons (Fsp3) is 0.333. The second-order valence-corrected chi connectivity index (χ2v) is 5.77. The van der Waals surface area contributed by atoms with Crippen molar-refractivity contribution in [2.24, 2.45) is 5.92 Å². The Morgan fingerprint density at radius 3 is 2.96 bits per heavy atom. The zero-order chi connectivity index (χ0) is 18.5. The van der Waals surface area contributed by atoms with Crippen molar-refractivity contribution in [2.75, 3.05) is 30.5 Å². The third-order valence-electron chi connectivity index (χ3n) is 4.05. The van der Waals surface area contributed by atoms with Crippen molar-refractivity contribution in [3.05, 3.63) is 36.7 Å². The van der Waals surface area contributed by atoms with Crippen LogP contribution >= 0.6 is 0 Å². The second-order valence-electron chi connectivity index (χ2n) is 5.77. The average molecular weight is 356 g/mol. The molecule has 2 heterocycles. The highest BCUT2D eigenvalue weighted by molar-refractivity contribution is 6.03. The summed E-state index contributed by atoms with van der Waals surface area (Å²) < 4.78 is 10.5. The van der Waals surface area contributed by atoms with Gasteiger partial charge in [-0.15, -0.1) is 0 Å². The Morgan fingerprint density at radius 2 is 2.19 bits per heavy atom. The van der Waals surface area contributed by atoms with Crippen molar-refractivity contribution in [2.45, 2.75) is 13.3 Å². The maximum Gasteiger partial charge on any atom is 0.230 e. The molecule has 0 bridgehead atoms. The highest BCUT2D eigenvalue weighted by Gasteiger charge is 2.35. The molecule has 0 radical (unpaired) electrons. The molecule has 2 aromatic rings. The molecule has 136 valence electrons. The van der Waals surface area contributed by atoms with E-state index in [0.29, 0.717) is 36.3 Å². The van der Waals surface area contributed by atoms with Crippen LogP contribution in [0.3, 0.4) is 0 Å². The number of carbonyl (C=O) groups excluding carboxylic acids is 2. The van der Waals surface area contributed by atoms with Gasteiger partial charge in [0.15, 0.2) is 0 Å². The molecule has 1 saturated heterocycles. The minimum atomic E-state index is -0.459. The maximum absolute atomic E-state index is 12.5. The summed E-state index contributed by atoms with van der Waals surface area (Å²) in [7, 11) is 1.57. The third kappa shape index (κ3) is 3.90. The molecule has 1 aliphatic rings. The molecule has 3 rings (SSSR count). The van der Waals surface area contributed by atoms with E-state index in [9.17, 15) is 9.59 Å². The molecule has 1 fully saturated rings. The summed E-state index contributed by atoms with van der Waals surface area (Å²) in [5.41, 5.74) is 0.713. The SMILES string of the molecule is CCOc1cc(NC(=O)C2CC(=O)N(c3cccc(OC)c3)C2)ncn1. The first kappa shape index (κ1) is 17.7. The Bertz CT molecular complexity index is 811. The Morgan fingerprint density at radius 1 is 1.35 bits per heavy atom. The number of nitrogens with one attached hydrogen (secondary N) is 1. The number of nitrogens with zero attached hydrogens (tertiary/aromatic N) is 3. The topological polar surface area (TPSA) is 93.7 Å². The third-order valence-corrected chi connectivity index (χ3v) is 4.05. The number of hydrogen-bond donors (Lipinski definition) is 1. The molecule has 1 unspecified atom stereocenters. The van der Waals surface area contributed by atoms with Gasteiger partial charge >= 0.3 is 0 Å². The highest BCUT2D eigenvalue weighted by atomic mass is 16.5. The molecule has 1 atom stereocenters. The summed E-state index contributed by atoms with van der Waals surface area (Å²) in [5.74, 6) is 0.576. The predicted molar refractivity (Wildman–Crippen MR) is 95.3 cm³/mol. The van der Waals surface area contributed by atoms with Crippen molar-refractivity contribution in [1.82, 2.24) is 9.97 Å². The number of amides is 2. The van der Waals surface area contributed by atoms with E-state index in [1.165, 1.54) is 6.33 Å². The van der Waals surface area contributed by atoms with Crippen molar-refractivity contribution >= 4 is 23.3 Å². The zero-order valence-electron chi connectivity index (χ0n) is 14.6. The van der Waals surface area contributed by atoms with Gasteiger partial charge in [-0.25, -0.2) is 9.97 Å². The lowest BCUT2D eigenvalue weighted by atomic mass is 10.1. The van der Waals surface area contributed by atoms with Gasteiger partial charge in [-0.05, 0) is 19.1 Å². The molecule has 1 N–H and O–H groups in total. The van der Waals surface area contributed by atoms with Gasteiger partial charge in [-0.3, -0.25) is 9.59 Å². The largest absolute Gasteiger partial charge is 0.497 e. The molecule has 8 heteroatoms. The van der Waals surface area contributed by atoms with Gasteiger partial charge in [0.1, 0.15) is 17.9 Å². The van der Waals surface area contributed by atoms with Gasteiger partial charge in [0.25, 0.3) is 0 Å². The molecular formula is C18H20N4O4. The number of hydrogen-bond acceptors (Lipinski definition) is 6. The lowest BCUT2D eigenvalue weighted by molar-refractivity contribution is -0.122. The van der Waals surface area contributed by atoms with E-state index in [1.807, 2.05) is 19.1 Å². The van der Waals surface area contributed by atoms with Gasteiger partial charge in [0, 0.05) is 30.8 Å². The number of methoxy groups -OCH3 is 1. The van der Waals surface area contributed by atoms with Crippen molar-refractivity contribution < 1.29 is 19.1 Å². The Balaban J connectivity index is 1.68. The number of anilines is 2. The fourth-order valence-corrected chi connectivity index (χ4v) is 2.77. The molecule has 1 aliphatic heterocycles. The molecule has 26 heavy (non-hydrogen) atoms. The highest BCUT2D eigenvalue weighted by Crippen LogP contribution is 2.28. The number of rotatable bonds is 6. The lowest BCUT2D eigenvalue weighted by Gasteiger charge is -2.17.